The molecule has 0 bridgehead atoms. The molecule has 5 aromatic rings. The topological polar surface area (TPSA) is 219 Å². The van der Waals surface area contributed by atoms with E-state index >= 15 is 0 Å². The van der Waals surface area contributed by atoms with Crippen molar-refractivity contribution in [3.8, 4) is 22.5 Å². The van der Waals surface area contributed by atoms with Gasteiger partial charge in [0.1, 0.15) is 23.7 Å². The standard InChI is InChI=1S/C44H52N10O8/c1-59-43(57)49-37(25-11-17-61-18-12-25)41(55)53-15-3-5-35(53)39-45-24-34(48-39)29-8-7-27-21-31(51-52-32(27)22-29)28-9-10-30-33(23-28)47-40(46-30)36-6-4-16-54(36)42(56)38(50-44(58)60-2)26-13-19-62-20-14-26/h7-10,21-26,35-38H,3-6,11-20H2,1-2H3,(H,45,48)(H,46,47)(H,49,57)(H,50,58)/t35-,36-,37-,38-/m0/s1. The van der Waals surface area contributed by atoms with Gasteiger partial charge in [0.2, 0.25) is 11.8 Å². The van der Waals surface area contributed by atoms with Crippen molar-refractivity contribution in [2.45, 2.75) is 75.5 Å². The molecule has 4 aliphatic rings. The first kappa shape index (κ1) is 41.2. The zero-order chi connectivity index (χ0) is 42.7. The number of aromatic nitrogens is 6. The first-order valence-corrected chi connectivity index (χ1v) is 21.6. The fraction of sp³-hybridized carbons (Fsp3) is 0.500. The Morgan fingerprint density at radius 3 is 1.90 bits per heavy atom. The summed E-state index contributed by atoms with van der Waals surface area (Å²) < 4.78 is 20.8. The van der Waals surface area contributed by atoms with Crippen LogP contribution in [0.1, 0.15) is 75.1 Å². The highest BCUT2D eigenvalue weighted by molar-refractivity contribution is 5.89. The Balaban J connectivity index is 0.900. The number of aromatic amines is 2. The van der Waals surface area contributed by atoms with Gasteiger partial charge in [-0.2, -0.15) is 0 Å². The maximum Gasteiger partial charge on any atom is 0.407 e. The van der Waals surface area contributed by atoms with Crippen LogP contribution in [0.5, 0.6) is 0 Å². The number of alkyl carbamates (subject to hydrolysis) is 2. The molecule has 18 nitrogen and oxygen atoms in total. The number of benzene rings is 2. The lowest BCUT2D eigenvalue weighted by molar-refractivity contribution is -0.137. The van der Waals surface area contributed by atoms with E-state index in [2.05, 4.69) is 30.8 Å². The number of likely N-dealkylation sites (tertiary alicyclic amines) is 2. The molecular weight excluding hydrogens is 797 g/mol. The molecular formula is C44H52N10O8. The van der Waals surface area contributed by atoms with Crippen molar-refractivity contribution in [3.05, 3.63) is 60.3 Å². The SMILES string of the molecule is COC(=O)N[C@H](C(=O)N1CCC[C@H]1c1ncc(-c2ccc3cc(-c4ccc5nc([C@@H]6CCCN6C(=O)[C@@H](NC(=O)OC)C6CCOCC6)[nH]c5c4)nnc3c2)[nH]1)C1CCOCC1. The number of rotatable bonds is 10. The van der Waals surface area contributed by atoms with Gasteiger partial charge in [-0.15, -0.1) is 10.2 Å². The first-order chi connectivity index (χ1) is 30.3. The number of H-pyrrole nitrogens is 2. The van der Waals surface area contributed by atoms with Gasteiger partial charge in [-0.25, -0.2) is 19.6 Å². The molecule has 62 heavy (non-hydrogen) atoms. The molecule has 3 aromatic heterocycles. The smallest absolute Gasteiger partial charge is 0.407 e. The average molecular weight is 849 g/mol. The van der Waals surface area contributed by atoms with E-state index in [-0.39, 0.29) is 35.7 Å². The van der Waals surface area contributed by atoms with E-state index in [0.29, 0.717) is 88.1 Å². The van der Waals surface area contributed by atoms with E-state index in [9.17, 15) is 19.2 Å². The third kappa shape index (κ3) is 8.40. The fourth-order valence-corrected chi connectivity index (χ4v) is 9.56. The van der Waals surface area contributed by atoms with E-state index in [1.54, 1.807) is 6.20 Å². The predicted molar refractivity (Wildman–Crippen MR) is 225 cm³/mol. The van der Waals surface area contributed by atoms with Crippen LogP contribution in [0.3, 0.4) is 0 Å². The zero-order valence-corrected chi connectivity index (χ0v) is 34.9. The van der Waals surface area contributed by atoms with Crippen LogP contribution in [0, 0.1) is 11.8 Å². The summed E-state index contributed by atoms with van der Waals surface area (Å²) in [5.74, 6) is 1.03. The van der Waals surface area contributed by atoms with Gasteiger partial charge in [0.05, 0.1) is 60.4 Å². The highest BCUT2D eigenvalue weighted by Crippen LogP contribution is 2.36. The highest BCUT2D eigenvalue weighted by atomic mass is 16.5. The summed E-state index contributed by atoms with van der Waals surface area (Å²) >= 11 is 0. The summed E-state index contributed by atoms with van der Waals surface area (Å²) in [4.78, 5) is 72.9. The number of carbonyl (C=O) groups is 4. The Morgan fingerprint density at radius 1 is 0.694 bits per heavy atom. The molecule has 0 radical (unpaired) electrons. The Bertz CT molecular complexity index is 2440. The van der Waals surface area contributed by atoms with E-state index in [1.807, 2.05) is 52.3 Å². The third-order valence-corrected chi connectivity index (χ3v) is 12.9. The van der Waals surface area contributed by atoms with Crippen LogP contribution >= 0.6 is 0 Å². The minimum absolute atomic E-state index is 0.0447. The number of nitrogens with zero attached hydrogens (tertiary/aromatic N) is 6. The second-order valence-corrected chi connectivity index (χ2v) is 16.5. The second kappa shape index (κ2) is 18.1. The summed E-state index contributed by atoms with van der Waals surface area (Å²) in [5, 5.41) is 15.7. The second-order valence-electron chi connectivity index (χ2n) is 16.5. The van der Waals surface area contributed by atoms with Crippen LogP contribution in [0.25, 0.3) is 44.5 Å². The maximum atomic E-state index is 14.1. The molecule has 0 saturated carbocycles. The van der Waals surface area contributed by atoms with Crippen molar-refractivity contribution in [2.24, 2.45) is 11.8 Å². The van der Waals surface area contributed by atoms with Crippen molar-refractivity contribution in [1.82, 2.24) is 50.6 Å². The van der Waals surface area contributed by atoms with Crippen molar-refractivity contribution in [3.63, 3.8) is 0 Å². The van der Waals surface area contributed by atoms with Gasteiger partial charge in [-0.05, 0) is 87.5 Å². The third-order valence-electron chi connectivity index (χ3n) is 12.9. The molecule has 4 amide bonds. The lowest BCUT2D eigenvalue weighted by Crippen LogP contribution is -2.53. The van der Waals surface area contributed by atoms with Gasteiger partial charge in [0.25, 0.3) is 0 Å². The van der Waals surface area contributed by atoms with Crippen molar-refractivity contribution >= 4 is 45.9 Å². The quantitative estimate of drug-likeness (QED) is 0.143. The van der Waals surface area contributed by atoms with Crippen LogP contribution < -0.4 is 10.6 Å². The largest absolute Gasteiger partial charge is 0.453 e. The zero-order valence-electron chi connectivity index (χ0n) is 34.9. The highest BCUT2D eigenvalue weighted by Gasteiger charge is 2.42. The Labute approximate surface area is 357 Å². The normalized spacial score (nSPS) is 20.9. The number of fused-ring (bicyclic) bond motifs is 2. The van der Waals surface area contributed by atoms with Crippen LogP contribution in [-0.2, 0) is 28.5 Å². The van der Waals surface area contributed by atoms with E-state index < -0.39 is 24.3 Å². The number of imidazole rings is 2. The molecule has 326 valence electrons. The van der Waals surface area contributed by atoms with Gasteiger partial charge in [-0.1, -0.05) is 18.2 Å². The van der Waals surface area contributed by atoms with Crippen molar-refractivity contribution in [2.75, 3.05) is 53.7 Å². The van der Waals surface area contributed by atoms with E-state index in [0.717, 1.165) is 58.9 Å². The lowest BCUT2D eigenvalue weighted by atomic mass is 9.90. The number of amides is 4. The van der Waals surface area contributed by atoms with Crippen LogP contribution in [0.15, 0.2) is 48.7 Å². The number of nitrogens with one attached hydrogen (secondary N) is 4. The van der Waals surface area contributed by atoms with Crippen LogP contribution in [0.2, 0.25) is 0 Å². The van der Waals surface area contributed by atoms with Gasteiger partial charge in [0, 0.05) is 56.0 Å². The average Bonchev–Trinajstić information content (AvgIpc) is 4.16. The molecule has 4 fully saturated rings. The molecule has 4 N–H and O–H groups in total. The van der Waals surface area contributed by atoms with E-state index in [4.69, 9.17) is 28.9 Å². The molecule has 7 heterocycles. The molecule has 4 saturated heterocycles. The number of hydrogen-bond acceptors (Lipinski definition) is 12. The Hall–Kier alpha value is -6.14. The summed E-state index contributed by atoms with van der Waals surface area (Å²) in [6.45, 7) is 3.33. The summed E-state index contributed by atoms with van der Waals surface area (Å²) in [6, 6.07) is 12.0. The molecule has 4 atom stereocenters. The minimum Gasteiger partial charge on any atom is -0.453 e. The van der Waals surface area contributed by atoms with Gasteiger partial charge < -0.3 is 49.3 Å². The predicted octanol–water partition coefficient (Wildman–Crippen LogP) is 5.19. The number of carbonyl (C=O) groups excluding carboxylic acids is 4. The molecule has 0 aliphatic carbocycles. The molecule has 18 heteroatoms. The first-order valence-electron chi connectivity index (χ1n) is 21.6. The fourth-order valence-electron chi connectivity index (χ4n) is 9.56. The van der Waals surface area contributed by atoms with Crippen molar-refractivity contribution in [1.29, 1.82) is 0 Å². The summed E-state index contributed by atoms with van der Waals surface area (Å²) in [6.07, 6.45) is 6.39. The lowest BCUT2D eigenvalue weighted by Gasteiger charge is -2.34. The van der Waals surface area contributed by atoms with Crippen LogP contribution in [-0.4, -0.2) is 130 Å². The summed E-state index contributed by atoms with van der Waals surface area (Å²) in [5.41, 5.74) is 5.54. The Morgan fingerprint density at radius 2 is 1.29 bits per heavy atom. The summed E-state index contributed by atoms with van der Waals surface area (Å²) in [7, 11) is 2.60. The monoisotopic (exact) mass is 848 g/mol. The Kier molecular flexibility index (Phi) is 12.0. The minimum atomic E-state index is -0.706. The van der Waals surface area contributed by atoms with Gasteiger partial charge in [-0.3, -0.25) is 9.59 Å². The number of hydrogen-bond donors (Lipinski definition) is 4. The molecule has 2 aromatic carbocycles. The van der Waals surface area contributed by atoms with Gasteiger partial charge >= 0.3 is 12.2 Å². The maximum absolute atomic E-state index is 14.1. The molecule has 0 unspecified atom stereocenters. The number of ether oxygens (including phenoxy) is 4. The van der Waals surface area contributed by atoms with Crippen molar-refractivity contribution < 1.29 is 38.1 Å². The number of methoxy groups -OCH3 is 2. The molecule has 0 spiro atoms. The molecule has 9 rings (SSSR count). The van der Waals surface area contributed by atoms with Gasteiger partial charge in [0.15, 0.2) is 0 Å². The van der Waals surface area contributed by atoms with E-state index in [1.165, 1.54) is 14.2 Å². The molecule has 4 aliphatic heterocycles. The van der Waals surface area contributed by atoms with Crippen LogP contribution in [0.4, 0.5) is 9.59 Å².